The number of rotatable bonds is 2. The van der Waals surface area contributed by atoms with Crippen molar-refractivity contribution in [3.63, 3.8) is 0 Å². The Bertz CT molecular complexity index is 622. The second kappa shape index (κ2) is 4.84. The van der Waals surface area contributed by atoms with Gasteiger partial charge >= 0.3 is 0 Å². The predicted octanol–water partition coefficient (Wildman–Crippen LogP) is 2.72. The molecule has 0 heterocycles. The van der Waals surface area contributed by atoms with Crippen LogP contribution in [-0.2, 0) is 6.42 Å². The van der Waals surface area contributed by atoms with Gasteiger partial charge in [-0.15, -0.1) is 0 Å². The molecule has 0 fully saturated rings. The van der Waals surface area contributed by atoms with Gasteiger partial charge in [-0.1, -0.05) is 30.3 Å². The molecule has 0 spiro atoms. The van der Waals surface area contributed by atoms with Crippen LogP contribution in [0.15, 0.2) is 42.5 Å². The molecule has 2 N–H and O–H groups in total. The molecular formula is C17H19NO2. The van der Waals surface area contributed by atoms with Crippen molar-refractivity contribution in [3.8, 4) is 11.5 Å². The quantitative estimate of drug-likeness (QED) is 0.824. The highest BCUT2D eigenvalue weighted by Crippen LogP contribution is 2.44. The summed E-state index contributed by atoms with van der Waals surface area (Å²) < 4.78 is 0. The Kier molecular flexibility index (Phi) is 3.14. The molecule has 0 bridgehead atoms. The minimum absolute atomic E-state index is 0.0324. The first-order chi connectivity index (χ1) is 9.58. The van der Waals surface area contributed by atoms with Gasteiger partial charge in [0.1, 0.15) is 0 Å². The first-order valence-corrected chi connectivity index (χ1v) is 6.84. The Morgan fingerprint density at radius 3 is 2.30 bits per heavy atom. The normalized spacial score (nSPS) is 21.1. The van der Waals surface area contributed by atoms with Crippen LogP contribution in [0.5, 0.6) is 11.5 Å². The molecule has 2 aromatic rings. The summed E-state index contributed by atoms with van der Waals surface area (Å²) in [5.74, 6) is 0.159. The predicted molar refractivity (Wildman–Crippen MR) is 79.2 cm³/mol. The molecule has 0 aliphatic heterocycles. The van der Waals surface area contributed by atoms with Crippen LogP contribution >= 0.6 is 0 Å². The molecule has 3 heteroatoms. The fraction of sp³-hybridized carbons (Fsp3) is 0.294. The number of phenolic OH excluding ortho intramolecular Hbond substituents is 2. The van der Waals surface area contributed by atoms with Gasteiger partial charge in [-0.3, -0.25) is 0 Å². The zero-order chi connectivity index (χ0) is 14.3. The van der Waals surface area contributed by atoms with Gasteiger partial charge in [0.2, 0.25) is 0 Å². The molecule has 1 aliphatic carbocycles. The number of nitrogens with zero attached hydrogens (tertiary/aromatic N) is 1. The number of likely N-dealkylation sites (N-methyl/N-ethyl adjacent to an activating group) is 1. The van der Waals surface area contributed by atoms with Crippen LogP contribution < -0.4 is 0 Å². The molecule has 3 nitrogen and oxygen atoms in total. The minimum Gasteiger partial charge on any atom is -0.504 e. The van der Waals surface area contributed by atoms with E-state index in [1.165, 1.54) is 5.56 Å². The van der Waals surface area contributed by atoms with Crippen LogP contribution in [-0.4, -0.2) is 35.3 Å². The van der Waals surface area contributed by atoms with E-state index in [1.54, 1.807) is 12.1 Å². The van der Waals surface area contributed by atoms with E-state index in [-0.39, 0.29) is 17.4 Å². The first kappa shape index (κ1) is 13.0. The molecular weight excluding hydrogens is 250 g/mol. The zero-order valence-electron chi connectivity index (χ0n) is 11.7. The fourth-order valence-corrected chi connectivity index (χ4v) is 3.20. The Morgan fingerprint density at radius 2 is 1.65 bits per heavy atom. The molecule has 3 rings (SSSR count). The van der Waals surface area contributed by atoms with Gasteiger partial charge in [0.05, 0.1) is 0 Å². The van der Waals surface area contributed by atoms with Crippen LogP contribution in [0.2, 0.25) is 0 Å². The van der Waals surface area contributed by atoms with Gasteiger partial charge < -0.3 is 15.1 Å². The van der Waals surface area contributed by atoms with Gasteiger partial charge in [0.25, 0.3) is 0 Å². The van der Waals surface area contributed by atoms with Gasteiger partial charge in [0, 0.05) is 12.0 Å². The average molecular weight is 269 g/mol. The third-order valence-electron chi connectivity index (χ3n) is 4.21. The van der Waals surface area contributed by atoms with Crippen molar-refractivity contribution in [2.75, 3.05) is 14.1 Å². The molecule has 0 radical (unpaired) electrons. The van der Waals surface area contributed by atoms with Gasteiger partial charge in [-0.25, -0.2) is 0 Å². The monoisotopic (exact) mass is 269 g/mol. The fourth-order valence-electron chi connectivity index (χ4n) is 3.20. The van der Waals surface area contributed by atoms with Gasteiger partial charge in [-0.05, 0) is 49.3 Å². The summed E-state index contributed by atoms with van der Waals surface area (Å²) in [7, 11) is 4.15. The summed E-state index contributed by atoms with van der Waals surface area (Å²) in [5.41, 5.74) is 3.48. The Balaban J connectivity index is 2.13. The number of fused-ring (bicyclic) bond motifs is 1. The number of aromatic hydroxyl groups is 2. The van der Waals surface area contributed by atoms with E-state index in [2.05, 4.69) is 31.1 Å². The van der Waals surface area contributed by atoms with Crippen LogP contribution in [0.1, 0.15) is 22.6 Å². The van der Waals surface area contributed by atoms with E-state index in [0.717, 1.165) is 17.5 Å². The van der Waals surface area contributed by atoms with Crippen LogP contribution in [0.25, 0.3) is 0 Å². The van der Waals surface area contributed by atoms with Crippen molar-refractivity contribution < 1.29 is 10.2 Å². The van der Waals surface area contributed by atoms with E-state index < -0.39 is 0 Å². The highest BCUT2D eigenvalue weighted by atomic mass is 16.3. The van der Waals surface area contributed by atoms with Crippen LogP contribution in [0.4, 0.5) is 0 Å². The standard InChI is InChI=1S/C17H19NO2/c1-18(2)14-8-12-9-15(19)16(20)10-13(12)17(14)11-6-4-3-5-7-11/h3-7,9-10,14,17,19-20H,8H2,1-2H3/t14-,17-/m0/s1. The lowest BCUT2D eigenvalue weighted by molar-refractivity contribution is 0.283. The molecule has 0 saturated heterocycles. The summed E-state index contributed by atoms with van der Waals surface area (Å²) in [5, 5.41) is 19.5. The lowest BCUT2D eigenvalue weighted by Crippen LogP contribution is -2.32. The lowest BCUT2D eigenvalue weighted by atomic mass is 9.89. The Morgan fingerprint density at radius 1 is 1.00 bits per heavy atom. The second-order valence-electron chi connectivity index (χ2n) is 5.66. The largest absolute Gasteiger partial charge is 0.504 e. The topological polar surface area (TPSA) is 43.7 Å². The van der Waals surface area contributed by atoms with Crippen molar-refractivity contribution in [1.29, 1.82) is 0 Å². The molecule has 2 atom stereocenters. The maximum Gasteiger partial charge on any atom is 0.157 e. The molecule has 0 amide bonds. The number of phenols is 2. The molecule has 1 aliphatic rings. The zero-order valence-corrected chi connectivity index (χ0v) is 11.7. The molecule has 0 saturated carbocycles. The summed E-state index contributed by atoms with van der Waals surface area (Å²) in [6.07, 6.45) is 0.885. The maximum atomic E-state index is 9.81. The van der Waals surface area contributed by atoms with E-state index in [0.29, 0.717) is 6.04 Å². The smallest absolute Gasteiger partial charge is 0.157 e. The minimum atomic E-state index is -0.0379. The average Bonchev–Trinajstić information content (AvgIpc) is 2.79. The van der Waals surface area contributed by atoms with Crippen molar-refractivity contribution in [1.82, 2.24) is 4.90 Å². The SMILES string of the molecule is CN(C)[C@H]1Cc2cc(O)c(O)cc2[C@@H]1c1ccccc1. The third kappa shape index (κ3) is 2.04. The highest BCUT2D eigenvalue weighted by molar-refractivity contribution is 5.53. The van der Waals surface area contributed by atoms with Gasteiger partial charge in [0.15, 0.2) is 11.5 Å². The lowest BCUT2D eigenvalue weighted by Gasteiger charge is -2.27. The molecule has 104 valence electrons. The van der Waals surface area contributed by atoms with E-state index in [9.17, 15) is 10.2 Å². The third-order valence-corrected chi connectivity index (χ3v) is 4.21. The molecule has 2 aromatic carbocycles. The summed E-state index contributed by atoms with van der Waals surface area (Å²) in [6.45, 7) is 0. The number of hydrogen-bond donors (Lipinski definition) is 2. The molecule has 0 unspecified atom stereocenters. The number of benzene rings is 2. The highest BCUT2D eigenvalue weighted by Gasteiger charge is 2.35. The van der Waals surface area contributed by atoms with Crippen molar-refractivity contribution >= 4 is 0 Å². The van der Waals surface area contributed by atoms with E-state index in [4.69, 9.17) is 0 Å². The van der Waals surface area contributed by atoms with Crippen molar-refractivity contribution in [2.45, 2.75) is 18.4 Å². The first-order valence-electron chi connectivity index (χ1n) is 6.84. The Hall–Kier alpha value is -2.00. The summed E-state index contributed by atoms with van der Waals surface area (Å²) in [6, 6.07) is 14.1. The molecule has 0 aromatic heterocycles. The molecule has 20 heavy (non-hydrogen) atoms. The van der Waals surface area contributed by atoms with E-state index in [1.807, 2.05) is 18.2 Å². The Labute approximate surface area is 119 Å². The van der Waals surface area contributed by atoms with Crippen LogP contribution in [0, 0.1) is 0 Å². The van der Waals surface area contributed by atoms with Crippen LogP contribution in [0.3, 0.4) is 0 Å². The maximum absolute atomic E-state index is 9.81. The second-order valence-corrected chi connectivity index (χ2v) is 5.66. The van der Waals surface area contributed by atoms with Crippen molar-refractivity contribution in [3.05, 3.63) is 59.2 Å². The van der Waals surface area contributed by atoms with Gasteiger partial charge in [-0.2, -0.15) is 0 Å². The van der Waals surface area contributed by atoms with Crippen molar-refractivity contribution in [2.24, 2.45) is 0 Å². The number of hydrogen-bond acceptors (Lipinski definition) is 3. The summed E-state index contributed by atoms with van der Waals surface area (Å²) in [4.78, 5) is 2.21. The summed E-state index contributed by atoms with van der Waals surface area (Å²) >= 11 is 0. The van der Waals surface area contributed by atoms with E-state index >= 15 is 0 Å².